The molecule has 1 nitrogen and oxygen atoms in total. The second-order valence-corrected chi connectivity index (χ2v) is 4.74. The monoisotopic (exact) mass is 231 g/mol. The first-order valence-corrected chi connectivity index (χ1v) is 6.27. The Balaban J connectivity index is 2.13. The molecule has 1 heteroatoms. The number of benzene rings is 2. The number of fused-ring (bicyclic) bond motifs is 3. The van der Waals surface area contributed by atoms with E-state index in [2.05, 4.69) is 59.9 Å². The van der Waals surface area contributed by atoms with Crippen LogP contribution in [0.25, 0.3) is 22.8 Å². The lowest BCUT2D eigenvalue weighted by molar-refractivity contribution is 1.04. The molecule has 0 fully saturated rings. The van der Waals surface area contributed by atoms with E-state index in [-0.39, 0.29) is 0 Å². The van der Waals surface area contributed by atoms with Gasteiger partial charge in [-0.2, -0.15) is 0 Å². The summed E-state index contributed by atoms with van der Waals surface area (Å²) in [6.45, 7) is 0.931. The number of rotatable bonds is 0. The molecule has 0 unspecified atom stereocenters. The zero-order valence-electron chi connectivity index (χ0n) is 9.98. The molecule has 1 aliphatic carbocycles. The molecule has 0 amide bonds. The maximum absolute atomic E-state index is 3.25. The summed E-state index contributed by atoms with van der Waals surface area (Å²) >= 11 is 0. The molecular weight excluding hydrogens is 218 g/mol. The highest BCUT2D eigenvalue weighted by atomic mass is 14.8. The van der Waals surface area contributed by atoms with Gasteiger partial charge in [0.25, 0.3) is 0 Å². The van der Waals surface area contributed by atoms with Crippen molar-refractivity contribution in [3.63, 3.8) is 0 Å². The fraction of sp³-hybridized carbons (Fsp3) is 0.0588. The van der Waals surface area contributed by atoms with E-state index in [9.17, 15) is 0 Å². The summed E-state index contributed by atoms with van der Waals surface area (Å²) in [4.78, 5) is 0. The zero-order chi connectivity index (χ0) is 11.9. The first-order valence-electron chi connectivity index (χ1n) is 6.27. The molecule has 1 aliphatic heterocycles. The van der Waals surface area contributed by atoms with Crippen LogP contribution >= 0.6 is 0 Å². The summed E-state index contributed by atoms with van der Waals surface area (Å²) in [5.74, 6) is 0. The van der Waals surface area contributed by atoms with E-state index in [1.165, 1.54) is 32.7 Å². The normalized spacial score (nSPS) is 18.0. The third-order valence-corrected chi connectivity index (χ3v) is 3.70. The van der Waals surface area contributed by atoms with Gasteiger partial charge in [-0.25, -0.2) is 0 Å². The van der Waals surface area contributed by atoms with E-state index in [1.54, 1.807) is 0 Å². The van der Waals surface area contributed by atoms with Crippen molar-refractivity contribution < 1.29 is 0 Å². The van der Waals surface area contributed by atoms with Crippen LogP contribution in [0.3, 0.4) is 0 Å². The topological polar surface area (TPSA) is 12.0 Å². The van der Waals surface area contributed by atoms with Crippen molar-refractivity contribution in [1.29, 1.82) is 0 Å². The number of hydrogen-bond donors (Lipinski definition) is 1. The molecule has 0 saturated heterocycles. The Morgan fingerprint density at radius 1 is 0.889 bits per heavy atom. The van der Waals surface area contributed by atoms with Crippen LogP contribution in [0.15, 0.2) is 54.7 Å². The predicted octanol–water partition coefficient (Wildman–Crippen LogP) is 1.76. The van der Waals surface area contributed by atoms with E-state index in [0.29, 0.717) is 0 Å². The van der Waals surface area contributed by atoms with Crippen molar-refractivity contribution in [3.05, 3.63) is 70.7 Å². The molecule has 2 aromatic carbocycles. The van der Waals surface area contributed by atoms with E-state index in [1.807, 2.05) is 6.20 Å². The molecule has 1 N–H and O–H groups in total. The van der Waals surface area contributed by atoms with Crippen molar-refractivity contribution in [2.75, 3.05) is 6.54 Å². The second-order valence-electron chi connectivity index (χ2n) is 4.74. The summed E-state index contributed by atoms with van der Waals surface area (Å²) < 4.78 is 0. The average Bonchev–Trinajstić information content (AvgIpc) is 3.05. The van der Waals surface area contributed by atoms with Crippen molar-refractivity contribution in [1.82, 2.24) is 5.32 Å². The van der Waals surface area contributed by atoms with Gasteiger partial charge >= 0.3 is 0 Å². The molecule has 4 rings (SSSR count). The van der Waals surface area contributed by atoms with E-state index in [0.717, 1.165) is 6.54 Å². The highest BCUT2D eigenvalue weighted by Crippen LogP contribution is 2.24. The van der Waals surface area contributed by atoms with Gasteiger partial charge in [0, 0.05) is 6.54 Å². The lowest BCUT2D eigenvalue weighted by Crippen LogP contribution is -2.28. The van der Waals surface area contributed by atoms with Gasteiger partial charge in [-0.05, 0) is 51.1 Å². The molecule has 86 valence electrons. The molecule has 1 heterocycles. The highest BCUT2D eigenvalue weighted by Gasteiger charge is 2.12. The lowest BCUT2D eigenvalue weighted by atomic mass is 10.0. The summed E-state index contributed by atoms with van der Waals surface area (Å²) in [6, 6.07) is 15.2. The minimum absolute atomic E-state index is 0.931. The summed E-state index contributed by atoms with van der Waals surface area (Å²) in [5.41, 5.74) is 5.41. The summed E-state index contributed by atoms with van der Waals surface area (Å²) in [7, 11) is 0. The van der Waals surface area contributed by atoms with Crippen LogP contribution in [-0.4, -0.2) is 6.54 Å². The zero-order valence-corrected chi connectivity index (χ0v) is 9.98. The molecule has 0 aromatic heterocycles. The van der Waals surface area contributed by atoms with Crippen molar-refractivity contribution in [2.24, 2.45) is 0 Å². The SMILES string of the molecule is C1=CC(=c2cccc3c2=Cc2ccccc2-3)CN1. The number of nitrogens with one attached hydrogen (secondary N) is 1. The number of hydrogen-bond acceptors (Lipinski definition) is 1. The summed E-state index contributed by atoms with van der Waals surface area (Å²) in [6.07, 6.45) is 6.50. The van der Waals surface area contributed by atoms with Gasteiger partial charge in [-0.3, -0.25) is 0 Å². The van der Waals surface area contributed by atoms with Crippen LogP contribution in [0, 0.1) is 0 Å². The minimum Gasteiger partial charge on any atom is -0.387 e. The van der Waals surface area contributed by atoms with Crippen LogP contribution in [-0.2, 0) is 0 Å². The van der Waals surface area contributed by atoms with Gasteiger partial charge in [0.05, 0.1) is 0 Å². The van der Waals surface area contributed by atoms with Crippen molar-refractivity contribution in [3.8, 4) is 11.1 Å². The molecule has 0 radical (unpaired) electrons. The Hall–Kier alpha value is -2.28. The van der Waals surface area contributed by atoms with E-state index in [4.69, 9.17) is 0 Å². The Labute approximate surface area is 106 Å². The predicted molar refractivity (Wildman–Crippen MR) is 75.2 cm³/mol. The van der Waals surface area contributed by atoms with E-state index < -0.39 is 0 Å². The largest absolute Gasteiger partial charge is 0.387 e. The van der Waals surface area contributed by atoms with Gasteiger partial charge < -0.3 is 5.32 Å². The van der Waals surface area contributed by atoms with Gasteiger partial charge in [-0.15, -0.1) is 0 Å². The van der Waals surface area contributed by atoms with Gasteiger partial charge in [0.15, 0.2) is 0 Å². The maximum atomic E-state index is 3.25. The Bertz CT molecular complexity index is 781. The average molecular weight is 231 g/mol. The molecule has 0 spiro atoms. The third-order valence-electron chi connectivity index (χ3n) is 3.70. The Kier molecular flexibility index (Phi) is 1.95. The summed E-state index contributed by atoms with van der Waals surface area (Å²) in [5, 5.41) is 5.97. The fourth-order valence-corrected chi connectivity index (χ4v) is 2.83. The molecule has 0 bridgehead atoms. The van der Waals surface area contributed by atoms with Gasteiger partial charge in [-0.1, -0.05) is 42.5 Å². The highest BCUT2D eigenvalue weighted by molar-refractivity contribution is 5.83. The lowest BCUT2D eigenvalue weighted by Gasteiger charge is -2.01. The van der Waals surface area contributed by atoms with Crippen LogP contribution < -0.4 is 15.8 Å². The van der Waals surface area contributed by atoms with Crippen molar-refractivity contribution in [2.45, 2.75) is 0 Å². The Morgan fingerprint density at radius 2 is 1.78 bits per heavy atom. The molecular formula is C17H13N. The standard InChI is InChI=1S/C17H13N/c1-2-5-14-12(4-1)10-17-15(6-3-7-16(14)17)13-8-9-18-11-13/h1-10,18H,11H2. The first-order chi connectivity index (χ1) is 8.93. The van der Waals surface area contributed by atoms with Crippen LogP contribution in [0.4, 0.5) is 0 Å². The molecule has 0 saturated carbocycles. The first kappa shape index (κ1) is 9.72. The van der Waals surface area contributed by atoms with Crippen LogP contribution in [0.1, 0.15) is 5.56 Å². The molecule has 18 heavy (non-hydrogen) atoms. The molecule has 0 atom stereocenters. The van der Waals surface area contributed by atoms with Gasteiger partial charge in [0.1, 0.15) is 0 Å². The van der Waals surface area contributed by atoms with Crippen LogP contribution in [0.2, 0.25) is 0 Å². The van der Waals surface area contributed by atoms with Crippen LogP contribution in [0.5, 0.6) is 0 Å². The minimum atomic E-state index is 0.931. The molecule has 2 aliphatic rings. The maximum Gasteiger partial charge on any atom is 0.0402 e. The smallest absolute Gasteiger partial charge is 0.0402 e. The molecule has 2 aromatic rings. The third kappa shape index (κ3) is 1.28. The quantitative estimate of drug-likeness (QED) is 0.621. The van der Waals surface area contributed by atoms with Gasteiger partial charge in [0.2, 0.25) is 0 Å². The van der Waals surface area contributed by atoms with E-state index >= 15 is 0 Å². The Morgan fingerprint density at radius 3 is 2.67 bits per heavy atom. The van der Waals surface area contributed by atoms with Crippen molar-refractivity contribution >= 4 is 11.6 Å². The fourth-order valence-electron chi connectivity index (χ4n) is 2.83. The second kappa shape index (κ2) is 3.61.